The molecule has 2 amide bonds. The Morgan fingerprint density at radius 1 is 1.23 bits per heavy atom. The van der Waals surface area contributed by atoms with Gasteiger partial charge in [0.15, 0.2) is 0 Å². The number of hydrogen-bond acceptors (Lipinski definition) is 5. The quantitative estimate of drug-likeness (QED) is 0.797. The Morgan fingerprint density at radius 2 is 1.85 bits per heavy atom. The Kier molecular flexibility index (Phi) is 6.47. The van der Waals surface area contributed by atoms with Crippen molar-refractivity contribution in [2.24, 2.45) is 0 Å². The van der Waals surface area contributed by atoms with Gasteiger partial charge in [0.1, 0.15) is 11.5 Å². The van der Waals surface area contributed by atoms with Crippen LogP contribution >= 0.6 is 0 Å². The summed E-state index contributed by atoms with van der Waals surface area (Å²) in [7, 11) is 3.21. The number of amides is 2. The number of benzene rings is 1. The second kappa shape index (κ2) is 8.40. The van der Waals surface area contributed by atoms with Gasteiger partial charge in [-0.1, -0.05) is 0 Å². The third-order valence-electron chi connectivity index (χ3n) is 4.13. The molecule has 1 heterocycles. The number of methoxy groups -OCH3 is 2. The fraction of sp³-hybridized carbons (Fsp3) is 0.579. The summed E-state index contributed by atoms with van der Waals surface area (Å²) in [5, 5.41) is 5.77. The van der Waals surface area contributed by atoms with E-state index in [1.807, 2.05) is 37.8 Å². The average Bonchev–Trinajstić information content (AvgIpc) is 2.56. The number of carbonyl (C=O) groups excluding carboxylic acids is 2. The van der Waals surface area contributed by atoms with Crippen LogP contribution in [0.15, 0.2) is 18.2 Å². The Labute approximate surface area is 155 Å². The van der Waals surface area contributed by atoms with Crippen molar-refractivity contribution >= 4 is 11.8 Å². The van der Waals surface area contributed by atoms with E-state index in [0.29, 0.717) is 31.1 Å². The molecule has 0 aromatic heterocycles. The van der Waals surface area contributed by atoms with Crippen LogP contribution in [-0.4, -0.2) is 55.6 Å². The topological polar surface area (TPSA) is 79.9 Å². The van der Waals surface area contributed by atoms with Crippen molar-refractivity contribution in [3.63, 3.8) is 0 Å². The lowest BCUT2D eigenvalue weighted by atomic mass is 10.0. The fourth-order valence-corrected chi connectivity index (χ4v) is 3.01. The van der Waals surface area contributed by atoms with Crippen LogP contribution < -0.4 is 20.1 Å². The number of rotatable bonds is 6. The predicted molar refractivity (Wildman–Crippen MR) is 99.3 cm³/mol. The van der Waals surface area contributed by atoms with Gasteiger partial charge in [-0.3, -0.25) is 14.5 Å². The molecular weight excluding hydrogens is 334 g/mol. The first kappa shape index (κ1) is 20.0. The Balaban J connectivity index is 2.15. The highest BCUT2D eigenvalue weighted by Crippen LogP contribution is 2.24. The molecule has 7 nitrogen and oxygen atoms in total. The van der Waals surface area contributed by atoms with Crippen LogP contribution in [0, 0.1) is 0 Å². The molecule has 1 atom stereocenters. The van der Waals surface area contributed by atoms with Crippen molar-refractivity contribution < 1.29 is 19.1 Å². The number of nitrogens with zero attached hydrogens (tertiary/aromatic N) is 1. The van der Waals surface area contributed by atoms with Crippen molar-refractivity contribution in [1.29, 1.82) is 0 Å². The molecule has 0 radical (unpaired) electrons. The van der Waals surface area contributed by atoms with E-state index in [-0.39, 0.29) is 23.8 Å². The van der Waals surface area contributed by atoms with Gasteiger partial charge in [0.25, 0.3) is 0 Å². The summed E-state index contributed by atoms with van der Waals surface area (Å²) in [6, 6.07) is 5.15. The highest BCUT2D eigenvalue weighted by atomic mass is 16.5. The number of piperazine rings is 1. The lowest BCUT2D eigenvalue weighted by molar-refractivity contribution is -0.134. The van der Waals surface area contributed by atoms with E-state index in [4.69, 9.17) is 9.47 Å². The van der Waals surface area contributed by atoms with Gasteiger partial charge in [-0.2, -0.15) is 0 Å². The third kappa shape index (κ3) is 5.62. The Morgan fingerprint density at radius 3 is 2.38 bits per heavy atom. The number of ether oxygens (including phenoxy) is 2. The van der Waals surface area contributed by atoms with Gasteiger partial charge >= 0.3 is 0 Å². The first-order valence-corrected chi connectivity index (χ1v) is 8.76. The van der Waals surface area contributed by atoms with Crippen LogP contribution in [0.2, 0.25) is 0 Å². The van der Waals surface area contributed by atoms with Crippen molar-refractivity contribution in [2.45, 2.75) is 45.3 Å². The molecule has 1 aromatic carbocycles. The molecule has 7 heteroatoms. The summed E-state index contributed by atoms with van der Waals surface area (Å²) in [5.74, 6) is 1.15. The maximum atomic E-state index is 12.4. The van der Waals surface area contributed by atoms with Crippen LogP contribution in [0.5, 0.6) is 11.5 Å². The lowest BCUT2D eigenvalue weighted by Crippen LogP contribution is -2.56. The first-order chi connectivity index (χ1) is 12.2. The highest BCUT2D eigenvalue weighted by Gasteiger charge is 2.32. The van der Waals surface area contributed by atoms with E-state index in [0.717, 1.165) is 5.56 Å². The van der Waals surface area contributed by atoms with Gasteiger partial charge in [0.05, 0.1) is 26.7 Å². The van der Waals surface area contributed by atoms with Gasteiger partial charge < -0.3 is 20.1 Å². The molecule has 0 saturated carbocycles. The van der Waals surface area contributed by atoms with Crippen LogP contribution in [0.25, 0.3) is 0 Å². The summed E-state index contributed by atoms with van der Waals surface area (Å²) in [5.41, 5.74) is 0.643. The third-order valence-corrected chi connectivity index (χ3v) is 4.13. The second-order valence-corrected chi connectivity index (χ2v) is 7.50. The molecule has 26 heavy (non-hydrogen) atoms. The van der Waals surface area contributed by atoms with Gasteiger partial charge in [-0.15, -0.1) is 0 Å². The zero-order valence-corrected chi connectivity index (χ0v) is 16.2. The molecule has 1 unspecified atom stereocenters. The molecule has 1 aliphatic heterocycles. The minimum atomic E-state index is -0.497. The molecule has 144 valence electrons. The van der Waals surface area contributed by atoms with Gasteiger partial charge in [-0.25, -0.2) is 0 Å². The van der Waals surface area contributed by atoms with E-state index >= 15 is 0 Å². The van der Waals surface area contributed by atoms with Crippen LogP contribution in [0.3, 0.4) is 0 Å². The monoisotopic (exact) mass is 363 g/mol. The molecule has 0 aliphatic carbocycles. The normalized spacial score (nSPS) is 18.2. The smallest absolute Gasteiger partial charge is 0.237 e. The molecule has 2 N–H and O–H groups in total. The first-order valence-electron chi connectivity index (χ1n) is 8.76. The fourth-order valence-electron chi connectivity index (χ4n) is 3.01. The molecule has 2 rings (SSSR count). The van der Waals surface area contributed by atoms with Gasteiger partial charge in [0.2, 0.25) is 11.8 Å². The largest absolute Gasteiger partial charge is 0.497 e. The van der Waals surface area contributed by atoms with Gasteiger partial charge in [0, 0.05) is 31.2 Å². The summed E-state index contributed by atoms with van der Waals surface area (Å²) in [4.78, 5) is 26.7. The minimum absolute atomic E-state index is 0.116. The highest BCUT2D eigenvalue weighted by molar-refractivity contribution is 5.89. The van der Waals surface area contributed by atoms with E-state index in [1.54, 1.807) is 20.3 Å². The molecule has 0 spiro atoms. The zero-order chi connectivity index (χ0) is 19.3. The zero-order valence-electron chi connectivity index (χ0n) is 16.2. The van der Waals surface area contributed by atoms with Crippen molar-refractivity contribution in [2.75, 3.05) is 27.3 Å². The van der Waals surface area contributed by atoms with Crippen molar-refractivity contribution in [1.82, 2.24) is 15.5 Å². The number of hydrogen-bond donors (Lipinski definition) is 2. The maximum absolute atomic E-state index is 12.4. The number of carbonyl (C=O) groups is 2. The summed E-state index contributed by atoms with van der Waals surface area (Å²) < 4.78 is 10.6. The summed E-state index contributed by atoms with van der Waals surface area (Å²) >= 11 is 0. The lowest BCUT2D eigenvalue weighted by Gasteiger charge is -2.35. The molecule has 1 aliphatic rings. The van der Waals surface area contributed by atoms with Gasteiger partial charge in [-0.05, 0) is 38.5 Å². The van der Waals surface area contributed by atoms with Crippen molar-refractivity contribution in [3.8, 4) is 11.5 Å². The Bertz CT molecular complexity index is 632. The summed E-state index contributed by atoms with van der Waals surface area (Å²) in [6.45, 7) is 7.55. The minimum Gasteiger partial charge on any atom is -0.497 e. The summed E-state index contributed by atoms with van der Waals surface area (Å²) in [6.07, 6.45) is 0.129. The molecular formula is C19H29N3O4. The standard InChI is InChI=1S/C19H29N3O4/c1-19(2,3)21-17(23)11-16-18(24)20-6-7-22(16)12-13-8-14(25-4)10-15(9-13)26-5/h8-10,16H,6-7,11-12H2,1-5H3,(H,20,24)(H,21,23). The molecule has 1 saturated heterocycles. The van der Waals surface area contributed by atoms with Crippen LogP contribution in [0.4, 0.5) is 0 Å². The van der Waals surface area contributed by atoms with E-state index in [9.17, 15) is 9.59 Å². The second-order valence-electron chi connectivity index (χ2n) is 7.50. The average molecular weight is 363 g/mol. The predicted octanol–water partition coefficient (Wildman–Crippen LogP) is 1.31. The number of nitrogens with one attached hydrogen (secondary N) is 2. The van der Waals surface area contributed by atoms with Crippen molar-refractivity contribution in [3.05, 3.63) is 23.8 Å². The van der Waals surface area contributed by atoms with E-state index in [1.165, 1.54) is 0 Å². The van der Waals surface area contributed by atoms with Crippen LogP contribution in [-0.2, 0) is 16.1 Å². The molecule has 1 aromatic rings. The van der Waals surface area contributed by atoms with E-state index < -0.39 is 6.04 Å². The molecule has 0 bridgehead atoms. The maximum Gasteiger partial charge on any atom is 0.237 e. The van der Waals surface area contributed by atoms with Crippen LogP contribution in [0.1, 0.15) is 32.8 Å². The van der Waals surface area contributed by atoms with E-state index in [2.05, 4.69) is 10.6 Å². The SMILES string of the molecule is COc1cc(CN2CCNC(=O)C2CC(=O)NC(C)(C)C)cc(OC)c1. The Hall–Kier alpha value is -2.28. The molecule has 1 fully saturated rings.